The maximum atomic E-state index is 12.6. The molecule has 2 amide bonds. The number of hydrogen-bond acceptors (Lipinski definition) is 3. The molecule has 1 aromatic rings. The molecule has 110 valence electrons. The first-order valence-electron chi connectivity index (χ1n) is 6.79. The van der Waals surface area contributed by atoms with Crippen molar-refractivity contribution in [3.8, 4) is 0 Å². The van der Waals surface area contributed by atoms with Gasteiger partial charge >= 0.3 is 0 Å². The van der Waals surface area contributed by atoms with Gasteiger partial charge in [-0.2, -0.15) is 0 Å². The summed E-state index contributed by atoms with van der Waals surface area (Å²) in [5.41, 5.74) is -0.313. The van der Waals surface area contributed by atoms with E-state index in [-0.39, 0.29) is 17.2 Å². The first-order valence-corrected chi connectivity index (χ1v) is 6.79. The van der Waals surface area contributed by atoms with Gasteiger partial charge in [0.2, 0.25) is 11.8 Å². The Morgan fingerprint density at radius 1 is 1.35 bits per heavy atom. The van der Waals surface area contributed by atoms with Crippen molar-refractivity contribution in [2.75, 3.05) is 0 Å². The van der Waals surface area contributed by atoms with E-state index in [1.165, 1.54) is 0 Å². The van der Waals surface area contributed by atoms with E-state index in [1.807, 2.05) is 38.6 Å². The number of aryl methyl sites for hydroxylation is 1. The molecule has 0 saturated carbocycles. The van der Waals surface area contributed by atoms with Crippen LogP contribution >= 0.6 is 0 Å². The molecule has 0 aromatic carbocycles. The maximum absolute atomic E-state index is 12.6. The van der Waals surface area contributed by atoms with Crippen LogP contribution in [0, 0.1) is 5.41 Å². The fourth-order valence-electron chi connectivity index (χ4n) is 2.33. The fourth-order valence-corrected chi connectivity index (χ4v) is 2.33. The zero-order chi connectivity index (χ0) is 15.1. The molecule has 6 nitrogen and oxygen atoms in total. The smallest absolute Gasteiger partial charge is 0.246 e. The Labute approximate surface area is 119 Å². The number of nitrogens with zero attached hydrogens (tertiary/aromatic N) is 3. The second-order valence-electron chi connectivity index (χ2n) is 6.40. The van der Waals surface area contributed by atoms with Crippen LogP contribution in [-0.2, 0) is 23.2 Å². The van der Waals surface area contributed by atoms with Gasteiger partial charge in [-0.15, -0.1) is 0 Å². The molecule has 20 heavy (non-hydrogen) atoms. The number of piperazine rings is 1. The SMILES string of the molecule is CC1C(=O)NC(C(C)(C)C)C(=O)N1Cc1nccn1C. The number of aromatic nitrogens is 2. The molecule has 1 aliphatic rings. The van der Waals surface area contributed by atoms with Crippen molar-refractivity contribution in [1.29, 1.82) is 0 Å². The van der Waals surface area contributed by atoms with Crippen LogP contribution in [0.3, 0.4) is 0 Å². The Bertz CT molecular complexity index is 530. The van der Waals surface area contributed by atoms with E-state index in [2.05, 4.69) is 10.3 Å². The molecule has 0 spiro atoms. The molecule has 0 aliphatic carbocycles. The molecular weight excluding hydrogens is 256 g/mol. The molecule has 1 saturated heterocycles. The number of hydrogen-bond donors (Lipinski definition) is 1. The van der Waals surface area contributed by atoms with Crippen molar-refractivity contribution in [3.63, 3.8) is 0 Å². The van der Waals surface area contributed by atoms with Crippen LogP contribution in [0.2, 0.25) is 0 Å². The standard InChI is InChI=1S/C14H22N4O2/c1-9-12(19)16-11(14(2,3)4)13(20)18(9)8-10-15-6-7-17(10)5/h6-7,9,11H,8H2,1-5H3,(H,16,19). The lowest BCUT2D eigenvalue weighted by molar-refractivity contribution is -0.152. The monoisotopic (exact) mass is 278 g/mol. The Morgan fingerprint density at radius 3 is 2.50 bits per heavy atom. The number of nitrogens with one attached hydrogen (secondary N) is 1. The minimum atomic E-state index is -0.494. The van der Waals surface area contributed by atoms with Crippen LogP contribution in [0.1, 0.15) is 33.5 Å². The van der Waals surface area contributed by atoms with Crippen molar-refractivity contribution in [2.24, 2.45) is 12.5 Å². The summed E-state index contributed by atoms with van der Waals surface area (Å²) in [6.07, 6.45) is 3.52. The first-order chi connectivity index (χ1) is 9.21. The van der Waals surface area contributed by atoms with Crippen LogP contribution < -0.4 is 5.32 Å². The number of amides is 2. The van der Waals surface area contributed by atoms with Crippen molar-refractivity contribution in [2.45, 2.75) is 46.3 Å². The van der Waals surface area contributed by atoms with E-state index in [0.717, 1.165) is 5.82 Å². The second-order valence-corrected chi connectivity index (χ2v) is 6.40. The molecule has 2 rings (SSSR count). The van der Waals surface area contributed by atoms with Gasteiger partial charge in [0, 0.05) is 19.4 Å². The first kappa shape index (κ1) is 14.6. The Morgan fingerprint density at radius 2 is 2.00 bits per heavy atom. The summed E-state index contributed by atoms with van der Waals surface area (Å²) in [5.74, 6) is 0.610. The summed E-state index contributed by atoms with van der Waals surface area (Å²) in [4.78, 5) is 30.6. The zero-order valence-corrected chi connectivity index (χ0v) is 12.7. The van der Waals surface area contributed by atoms with Gasteiger partial charge in [-0.1, -0.05) is 20.8 Å². The largest absolute Gasteiger partial charge is 0.342 e. The highest BCUT2D eigenvalue weighted by Crippen LogP contribution is 2.25. The summed E-state index contributed by atoms with van der Waals surface area (Å²) in [5, 5.41) is 2.82. The lowest BCUT2D eigenvalue weighted by Crippen LogP contribution is -2.65. The van der Waals surface area contributed by atoms with Crippen LogP contribution in [-0.4, -0.2) is 38.3 Å². The van der Waals surface area contributed by atoms with E-state index in [0.29, 0.717) is 6.54 Å². The highest BCUT2D eigenvalue weighted by molar-refractivity contribution is 5.97. The summed E-state index contributed by atoms with van der Waals surface area (Å²) in [6, 6.07) is -0.968. The average Bonchev–Trinajstić information content (AvgIpc) is 2.73. The minimum Gasteiger partial charge on any atom is -0.342 e. The highest BCUT2D eigenvalue weighted by Gasteiger charge is 2.43. The molecule has 1 N–H and O–H groups in total. The normalized spacial score (nSPS) is 23.9. The number of imidazole rings is 1. The minimum absolute atomic E-state index is 0.0485. The van der Waals surface area contributed by atoms with Crippen LogP contribution in [0.25, 0.3) is 0 Å². The van der Waals surface area contributed by atoms with Crippen molar-refractivity contribution in [3.05, 3.63) is 18.2 Å². The molecule has 6 heteroatoms. The molecule has 0 bridgehead atoms. The van der Waals surface area contributed by atoms with E-state index in [9.17, 15) is 9.59 Å². The molecule has 2 unspecified atom stereocenters. The quantitative estimate of drug-likeness (QED) is 0.865. The topological polar surface area (TPSA) is 67.2 Å². The second kappa shape index (κ2) is 4.92. The van der Waals surface area contributed by atoms with Crippen molar-refractivity contribution < 1.29 is 9.59 Å². The van der Waals surface area contributed by atoms with Gasteiger partial charge in [-0.3, -0.25) is 9.59 Å². The predicted octanol–water partition coefficient (Wildman–Crippen LogP) is 0.682. The molecule has 1 aromatic heterocycles. The van der Waals surface area contributed by atoms with Crippen LogP contribution in [0.5, 0.6) is 0 Å². The Balaban J connectivity index is 2.27. The third kappa shape index (κ3) is 2.55. The summed E-state index contributed by atoms with van der Waals surface area (Å²) >= 11 is 0. The molecule has 2 heterocycles. The van der Waals surface area contributed by atoms with Gasteiger partial charge < -0.3 is 14.8 Å². The van der Waals surface area contributed by atoms with Gasteiger partial charge in [0.05, 0.1) is 6.54 Å². The van der Waals surface area contributed by atoms with Crippen molar-refractivity contribution in [1.82, 2.24) is 19.8 Å². The average molecular weight is 278 g/mol. The third-order valence-corrected chi connectivity index (χ3v) is 3.76. The Hall–Kier alpha value is -1.85. The van der Waals surface area contributed by atoms with Gasteiger partial charge in [0.15, 0.2) is 0 Å². The van der Waals surface area contributed by atoms with Crippen LogP contribution in [0.15, 0.2) is 12.4 Å². The van der Waals surface area contributed by atoms with E-state index in [4.69, 9.17) is 0 Å². The Kier molecular flexibility index (Phi) is 3.58. The number of carbonyl (C=O) groups is 2. The number of rotatable bonds is 2. The van der Waals surface area contributed by atoms with E-state index >= 15 is 0 Å². The van der Waals surface area contributed by atoms with Crippen LogP contribution in [0.4, 0.5) is 0 Å². The predicted molar refractivity (Wildman–Crippen MR) is 74.6 cm³/mol. The maximum Gasteiger partial charge on any atom is 0.246 e. The third-order valence-electron chi connectivity index (χ3n) is 3.76. The molecular formula is C14H22N4O2. The lowest BCUT2D eigenvalue weighted by Gasteiger charge is -2.42. The molecule has 1 fully saturated rings. The van der Waals surface area contributed by atoms with Crippen molar-refractivity contribution >= 4 is 11.8 Å². The molecule has 0 radical (unpaired) electrons. The van der Waals surface area contributed by atoms with E-state index < -0.39 is 12.1 Å². The molecule has 2 atom stereocenters. The summed E-state index contributed by atoms with van der Waals surface area (Å²) < 4.78 is 1.86. The fraction of sp³-hybridized carbons (Fsp3) is 0.643. The molecule has 1 aliphatic heterocycles. The van der Waals surface area contributed by atoms with Gasteiger partial charge in [0.1, 0.15) is 17.9 Å². The van der Waals surface area contributed by atoms with E-state index in [1.54, 1.807) is 18.0 Å². The summed E-state index contributed by atoms with van der Waals surface area (Å²) in [6.45, 7) is 7.94. The summed E-state index contributed by atoms with van der Waals surface area (Å²) in [7, 11) is 1.88. The van der Waals surface area contributed by atoms with Gasteiger partial charge in [0.25, 0.3) is 0 Å². The number of carbonyl (C=O) groups excluding carboxylic acids is 2. The lowest BCUT2D eigenvalue weighted by atomic mass is 9.84. The highest BCUT2D eigenvalue weighted by atomic mass is 16.2. The van der Waals surface area contributed by atoms with Gasteiger partial charge in [-0.05, 0) is 12.3 Å². The van der Waals surface area contributed by atoms with Gasteiger partial charge in [-0.25, -0.2) is 4.98 Å². The zero-order valence-electron chi connectivity index (χ0n) is 12.7.